The van der Waals surface area contributed by atoms with Crippen molar-refractivity contribution in [2.75, 3.05) is 0 Å². The maximum absolute atomic E-state index is 5.42. The average Bonchev–Trinajstić information content (AvgIpc) is 2.90. The fourth-order valence-electron chi connectivity index (χ4n) is 2.28. The molecule has 4 heteroatoms. The summed E-state index contributed by atoms with van der Waals surface area (Å²) in [6, 6.07) is 0. The van der Waals surface area contributed by atoms with E-state index in [9.17, 15) is 0 Å². The van der Waals surface area contributed by atoms with Crippen LogP contribution >= 0.6 is 0 Å². The third-order valence-electron chi connectivity index (χ3n) is 3.09. The first kappa shape index (κ1) is 13.7. The molecule has 0 saturated carbocycles. The molecular weight excluding hydrogens is 232 g/mol. The van der Waals surface area contributed by atoms with Crippen LogP contribution in [0.25, 0.3) is 0 Å². The van der Waals surface area contributed by atoms with Gasteiger partial charge in [0.15, 0.2) is 0 Å². The van der Waals surface area contributed by atoms with Crippen LogP contribution in [0.1, 0.15) is 0 Å². The van der Waals surface area contributed by atoms with Gasteiger partial charge in [-0.1, -0.05) is 54.9 Å². The Labute approximate surface area is 112 Å². The van der Waals surface area contributed by atoms with Crippen LogP contribution in [0, 0.1) is 17.8 Å². The van der Waals surface area contributed by atoms with E-state index in [1.54, 1.807) is 7.06 Å². The van der Waals surface area contributed by atoms with Crippen LogP contribution in [0.5, 0.6) is 0 Å². The average molecular weight is 246 g/mol. The monoisotopic (exact) mass is 246 g/mol. The van der Waals surface area contributed by atoms with Crippen molar-refractivity contribution in [1.82, 2.24) is 0 Å². The molecule has 4 radical (unpaired) electrons. The Bertz CT molecular complexity index is 268. The second-order valence-electron chi connectivity index (χ2n) is 4.02. The summed E-state index contributed by atoms with van der Waals surface area (Å²) in [5, 5.41) is 0. The smallest absolute Gasteiger partial charge is 0.0549 e. The van der Waals surface area contributed by atoms with Crippen LogP contribution in [-0.2, 0) is 17.1 Å². The van der Waals surface area contributed by atoms with Crippen LogP contribution in [0.3, 0.4) is 0 Å². The molecule has 0 aromatic heterocycles. The molecule has 16 heavy (non-hydrogen) atoms. The Kier molecular flexibility index (Phi) is 6.09. The molecule has 0 N–H and O–H groups in total. The topological polar surface area (TPSA) is 0 Å². The van der Waals surface area contributed by atoms with Crippen molar-refractivity contribution >= 4 is 22.0 Å². The van der Waals surface area contributed by atoms with E-state index in [1.807, 2.05) is 0 Å². The molecule has 0 aromatic carbocycles. The molecule has 0 atom stereocenters. The largest absolute Gasteiger partial charge is 0.0850 e. The summed E-state index contributed by atoms with van der Waals surface area (Å²) in [7, 11) is 9.13. The second kappa shape index (κ2) is 7.09. The summed E-state index contributed by atoms with van der Waals surface area (Å²) >= 11 is 0. The number of rotatable bonds is 5. The van der Waals surface area contributed by atoms with E-state index in [2.05, 4.69) is 55.8 Å². The SMILES string of the molecule is [B][B][B]CC(C1C=CC=C1)C1C=CC=C1.[Fe]. The van der Waals surface area contributed by atoms with E-state index in [4.69, 9.17) is 7.74 Å². The van der Waals surface area contributed by atoms with E-state index in [0.717, 1.165) is 6.32 Å². The summed E-state index contributed by atoms with van der Waals surface area (Å²) in [4.78, 5) is 0. The Hall–Kier alpha value is -0.326. The van der Waals surface area contributed by atoms with E-state index in [1.165, 1.54) is 0 Å². The van der Waals surface area contributed by atoms with Crippen molar-refractivity contribution in [1.29, 1.82) is 0 Å². The van der Waals surface area contributed by atoms with Gasteiger partial charge >= 0.3 is 0 Å². The molecule has 0 aliphatic heterocycles. The van der Waals surface area contributed by atoms with Crippen molar-refractivity contribution in [3.05, 3.63) is 48.6 Å². The first-order chi connectivity index (χ1) is 7.42. The molecule has 0 unspecified atom stereocenters. The molecule has 0 fully saturated rings. The van der Waals surface area contributed by atoms with Crippen LogP contribution in [0.15, 0.2) is 48.6 Å². The van der Waals surface area contributed by atoms with Gasteiger partial charge in [-0.15, -0.1) is 0 Å². The standard InChI is InChI=1S/C12H13B3.Fe/c13-15-14-9-12(10-5-1-2-6-10)11-7-3-4-8-11;/h1-8,10-12H,9H2;. The van der Waals surface area contributed by atoms with Gasteiger partial charge in [-0.2, -0.15) is 0 Å². The van der Waals surface area contributed by atoms with Crippen molar-refractivity contribution in [2.24, 2.45) is 17.8 Å². The summed E-state index contributed by atoms with van der Waals surface area (Å²) < 4.78 is 0. The number of hydrogen-bond donors (Lipinski definition) is 0. The Morgan fingerprint density at radius 3 is 1.75 bits per heavy atom. The minimum absolute atomic E-state index is 0. The summed E-state index contributed by atoms with van der Waals surface area (Å²) in [5.74, 6) is 1.71. The predicted molar refractivity (Wildman–Crippen MR) is 69.1 cm³/mol. The van der Waals surface area contributed by atoms with E-state index < -0.39 is 0 Å². The quantitative estimate of drug-likeness (QED) is 0.649. The van der Waals surface area contributed by atoms with Crippen LogP contribution in [0.2, 0.25) is 6.32 Å². The van der Waals surface area contributed by atoms with E-state index in [-0.39, 0.29) is 17.1 Å². The Morgan fingerprint density at radius 2 is 1.38 bits per heavy atom. The minimum Gasteiger partial charge on any atom is -0.0850 e. The zero-order valence-corrected chi connectivity index (χ0v) is 10.2. The maximum atomic E-state index is 5.42. The van der Waals surface area contributed by atoms with Gasteiger partial charge in [-0.25, -0.2) is 0 Å². The molecule has 2 aliphatic rings. The van der Waals surface area contributed by atoms with Crippen molar-refractivity contribution < 1.29 is 17.1 Å². The fraction of sp³-hybridized carbons (Fsp3) is 0.333. The van der Waals surface area contributed by atoms with E-state index >= 15 is 0 Å². The van der Waals surface area contributed by atoms with Gasteiger partial charge in [0.25, 0.3) is 0 Å². The molecule has 0 nitrogen and oxygen atoms in total. The zero-order chi connectivity index (χ0) is 10.5. The maximum Gasteiger partial charge on any atom is 0.0549 e. The molecule has 2 aliphatic carbocycles. The van der Waals surface area contributed by atoms with Crippen molar-refractivity contribution in [3.8, 4) is 0 Å². The van der Waals surface area contributed by atoms with Crippen molar-refractivity contribution in [3.63, 3.8) is 0 Å². The first-order valence-electron chi connectivity index (χ1n) is 5.48. The van der Waals surface area contributed by atoms with Gasteiger partial charge in [0, 0.05) is 31.9 Å². The predicted octanol–water partition coefficient (Wildman–Crippen LogP) is 1.91. The Balaban J connectivity index is 0.00000128. The van der Waals surface area contributed by atoms with Crippen molar-refractivity contribution in [2.45, 2.75) is 6.32 Å². The van der Waals surface area contributed by atoms with Gasteiger partial charge in [-0.3, -0.25) is 0 Å². The first-order valence-corrected chi connectivity index (χ1v) is 5.48. The summed E-state index contributed by atoms with van der Waals surface area (Å²) in [5.41, 5.74) is 0. The Morgan fingerprint density at radius 1 is 0.938 bits per heavy atom. The number of hydrogen-bond acceptors (Lipinski definition) is 0. The molecule has 0 saturated heterocycles. The third kappa shape index (κ3) is 3.33. The van der Waals surface area contributed by atoms with Crippen LogP contribution < -0.4 is 0 Å². The molecule has 0 amide bonds. The summed E-state index contributed by atoms with van der Waals surface area (Å²) in [6.45, 7) is 0. The second-order valence-corrected chi connectivity index (χ2v) is 4.02. The molecule has 0 bridgehead atoms. The normalized spacial score (nSPS) is 18.3. The van der Waals surface area contributed by atoms with Gasteiger partial charge in [0.1, 0.15) is 0 Å². The minimum atomic E-state index is 0. The van der Waals surface area contributed by atoms with Gasteiger partial charge in [0.05, 0.1) is 7.17 Å². The van der Waals surface area contributed by atoms with Crippen LogP contribution in [-0.4, -0.2) is 22.0 Å². The third-order valence-corrected chi connectivity index (χ3v) is 3.09. The summed E-state index contributed by atoms with van der Waals surface area (Å²) in [6.07, 6.45) is 18.7. The van der Waals surface area contributed by atoms with E-state index in [0.29, 0.717) is 17.8 Å². The van der Waals surface area contributed by atoms with Gasteiger partial charge in [0.2, 0.25) is 0 Å². The number of allylic oxidation sites excluding steroid dienone is 8. The molecule has 0 spiro atoms. The molecule has 2 rings (SSSR count). The molecular formula is C12H13B3Fe. The van der Waals surface area contributed by atoms with Gasteiger partial charge in [-0.05, 0) is 17.8 Å². The molecule has 0 aromatic rings. The molecule has 78 valence electrons. The van der Waals surface area contributed by atoms with Gasteiger partial charge < -0.3 is 0 Å². The van der Waals surface area contributed by atoms with Crippen LogP contribution in [0.4, 0.5) is 0 Å². The zero-order valence-electron chi connectivity index (χ0n) is 9.14. The fourth-order valence-corrected chi connectivity index (χ4v) is 2.28. The molecule has 0 heterocycles.